The van der Waals surface area contributed by atoms with Crippen LogP contribution in [0.25, 0.3) is 23.0 Å². The molecule has 0 N–H and O–H groups in total. The van der Waals surface area contributed by atoms with Gasteiger partial charge in [0.2, 0.25) is 15.9 Å². The van der Waals surface area contributed by atoms with Crippen molar-refractivity contribution in [3.05, 3.63) is 42.5 Å². The molecule has 1 aromatic carbocycles. The average molecular weight is 418 g/mol. The Morgan fingerprint density at radius 3 is 2.59 bits per heavy atom. The Morgan fingerprint density at radius 1 is 1.10 bits per heavy atom. The number of nitrogens with zero attached hydrogens (tertiary/aromatic N) is 6. The van der Waals surface area contributed by atoms with Gasteiger partial charge in [0.25, 0.3) is 5.89 Å². The molecule has 0 saturated carbocycles. The summed E-state index contributed by atoms with van der Waals surface area (Å²) < 4.78 is 44.5. The van der Waals surface area contributed by atoms with Crippen molar-refractivity contribution in [2.45, 2.75) is 6.92 Å². The predicted octanol–water partition coefficient (Wildman–Crippen LogP) is 1.80. The van der Waals surface area contributed by atoms with E-state index in [1.165, 1.54) is 22.6 Å². The van der Waals surface area contributed by atoms with Crippen LogP contribution >= 0.6 is 0 Å². The van der Waals surface area contributed by atoms with Crippen molar-refractivity contribution in [1.29, 1.82) is 0 Å². The molecule has 1 saturated heterocycles. The van der Waals surface area contributed by atoms with E-state index < -0.39 is 15.8 Å². The van der Waals surface area contributed by atoms with Gasteiger partial charge in [0, 0.05) is 31.7 Å². The van der Waals surface area contributed by atoms with Gasteiger partial charge in [0.15, 0.2) is 0 Å². The molecule has 0 aliphatic carbocycles. The molecular weight excluding hydrogens is 399 g/mol. The fourth-order valence-electron chi connectivity index (χ4n) is 3.05. The first-order valence-electron chi connectivity index (χ1n) is 9.11. The smallest absolute Gasteiger partial charge is 0.268 e. The Balaban J connectivity index is 1.52. The highest BCUT2D eigenvalue weighted by Crippen LogP contribution is 2.24. The molecule has 1 aliphatic rings. The molecule has 0 spiro atoms. The minimum Gasteiger partial charge on any atom is -0.415 e. The predicted molar refractivity (Wildman–Crippen MR) is 104 cm³/mol. The summed E-state index contributed by atoms with van der Waals surface area (Å²) >= 11 is 0. The summed E-state index contributed by atoms with van der Waals surface area (Å²) in [6.45, 7) is 3.45. The highest BCUT2D eigenvalue weighted by molar-refractivity contribution is 7.89. The van der Waals surface area contributed by atoms with Crippen LogP contribution < -0.4 is 4.90 Å². The third-order valence-corrected chi connectivity index (χ3v) is 6.54. The molecule has 1 aliphatic heterocycles. The van der Waals surface area contributed by atoms with Gasteiger partial charge in [-0.25, -0.2) is 17.8 Å². The summed E-state index contributed by atoms with van der Waals surface area (Å²) in [5.41, 5.74) is 0.863. The third-order valence-electron chi connectivity index (χ3n) is 4.66. The Labute approximate surface area is 167 Å². The molecule has 3 heterocycles. The van der Waals surface area contributed by atoms with Crippen molar-refractivity contribution in [2.75, 3.05) is 36.8 Å². The van der Waals surface area contributed by atoms with Gasteiger partial charge in [-0.1, -0.05) is 6.07 Å². The first-order chi connectivity index (χ1) is 14.0. The highest BCUT2D eigenvalue weighted by Gasteiger charge is 2.26. The highest BCUT2D eigenvalue weighted by atomic mass is 32.2. The number of benzene rings is 1. The Kier molecular flexibility index (Phi) is 5.24. The lowest BCUT2D eigenvalue weighted by Crippen LogP contribution is -2.49. The number of halogens is 1. The normalized spacial score (nSPS) is 15.6. The zero-order valence-corrected chi connectivity index (χ0v) is 16.5. The van der Waals surface area contributed by atoms with Gasteiger partial charge >= 0.3 is 0 Å². The lowest BCUT2D eigenvalue weighted by atomic mass is 10.2. The maximum absolute atomic E-state index is 13.4. The Bertz CT molecular complexity index is 1110. The van der Waals surface area contributed by atoms with E-state index in [-0.39, 0.29) is 17.5 Å². The van der Waals surface area contributed by atoms with E-state index in [1.807, 2.05) is 4.90 Å². The number of piperazine rings is 1. The zero-order chi connectivity index (χ0) is 20.4. The molecule has 11 heteroatoms. The number of aromatic nitrogens is 4. The van der Waals surface area contributed by atoms with Gasteiger partial charge in [-0.15, -0.1) is 10.2 Å². The topological polar surface area (TPSA) is 105 Å². The molecule has 29 heavy (non-hydrogen) atoms. The molecule has 0 bridgehead atoms. The number of rotatable bonds is 5. The van der Waals surface area contributed by atoms with E-state index >= 15 is 0 Å². The monoisotopic (exact) mass is 418 g/mol. The van der Waals surface area contributed by atoms with Crippen LogP contribution in [0.1, 0.15) is 6.92 Å². The lowest BCUT2D eigenvalue weighted by Gasteiger charge is -2.34. The molecule has 0 amide bonds. The molecular formula is C18H19FN6O3S. The fourth-order valence-corrected chi connectivity index (χ4v) is 4.14. The largest absolute Gasteiger partial charge is 0.415 e. The van der Waals surface area contributed by atoms with Crippen LogP contribution in [-0.4, -0.2) is 64.8 Å². The summed E-state index contributed by atoms with van der Waals surface area (Å²) in [4.78, 5) is 10.7. The SMILES string of the molecule is CCS(=O)(=O)N1CCN(c2cncc(-c3nnc(-c4cccc(F)c4)o3)n2)CC1. The maximum Gasteiger partial charge on any atom is 0.268 e. The average Bonchev–Trinajstić information content (AvgIpc) is 3.24. The van der Waals surface area contributed by atoms with Crippen LogP contribution in [0, 0.1) is 5.82 Å². The van der Waals surface area contributed by atoms with Gasteiger partial charge < -0.3 is 9.32 Å². The van der Waals surface area contributed by atoms with Crippen LogP contribution in [0.2, 0.25) is 0 Å². The second-order valence-corrected chi connectivity index (χ2v) is 8.73. The van der Waals surface area contributed by atoms with Crippen molar-refractivity contribution < 1.29 is 17.2 Å². The minimum atomic E-state index is -3.19. The van der Waals surface area contributed by atoms with Gasteiger partial charge in [-0.05, 0) is 25.1 Å². The molecule has 1 fully saturated rings. The molecule has 4 rings (SSSR count). The van der Waals surface area contributed by atoms with Crippen molar-refractivity contribution in [2.24, 2.45) is 0 Å². The third kappa shape index (κ3) is 4.10. The molecule has 3 aromatic rings. The number of anilines is 1. The summed E-state index contributed by atoms with van der Waals surface area (Å²) in [5.74, 6) is 0.651. The van der Waals surface area contributed by atoms with E-state index in [9.17, 15) is 12.8 Å². The van der Waals surface area contributed by atoms with E-state index in [4.69, 9.17) is 4.42 Å². The molecule has 0 atom stereocenters. The zero-order valence-electron chi connectivity index (χ0n) is 15.7. The van der Waals surface area contributed by atoms with E-state index in [0.717, 1.165) is 0 Å². The van der Waals surface area contributed by atoms with E-state index in [0.29, 0.717) is 43.3 Å². The van der Waals surface area contributed by atoms with E-state index in [1.54, 1.807) is 25.3 Å². The van der Waals surface area contributed by atoms with Crippen molar-refractivity contribution in [1.82, 2.24) is 24.5 Å². The first kappa shape index (κ1) is 19.4. The van der Waals surface area contributed by atoms with Gasteiger partial charge in [-0.2, -0.15) is 4.31 Å². The number of hydrogen-bond acceptors (Lipinski definition) is 8. The standard InChI is InChI=1S/C18H19FN6O3S/c1-2-29(26,27)25-8-6-24(7-9-25)16-12-20-11-15(21-16)18-23-22-17(28-18)13-4-3-5-14(19)10-13/h3-5,10-12H,2,6-9H2,1H3. The second-order valence-electron chi connectivity index (χ2n) is 6.47. The van der Waals surface area contributed by atoms with Crippen LogP contribution in [-0.2, 0) is 10.0 Å². The first-order valence-corrected chi connectivity index (χ1v) is 10.7. The van der Waals surface area contributed by atoms with E-state index in [2.05, 4.69) is 20.2 Å². The van der Waals surface area contributed by atoms with Gasteiger partial charge in [-0.3, -0.25) is 4.98 Å². The second kappa shape index (κ2) is 7.84. The number of sulfonamides is 1. The fraction of sp³-hybridized carbons (Fsp3) is 0.333. The molecule has 9 nitrogen and oxygen atoms in total. The maximum atomic E-state index is 13.4. The number of hydrogen-bond donors (Lipinski definition) is 0. The Hall–Kier alpha value is -2.92. The van der Waals surface area contributed by atoms with Crippen molar-refractivity contribution in [3.63, 3.8) is 0 Å². The van der Waals surface area contributed by atoms with Crippen molar-refractivity contribution >= 4 is 15.8 Å². The molecule has 152 valence electrons. The van der Waals surface area contributed by atoms with Crippen LogP contribution in [0.3, 0.4) is 0 Å². The van der Waals surface area contributed by atoms with Crippen LogP contribution in [0.5, 0.6) is 0 Å². The van der Waals surface area contributed by atoms with Crippen molar-refractivity contribution in [3.8, 4) is 23.0 Å². The summed E-state index contributed by atoms with van der Waals surface area (Å²) in [6, 6.07) is 5.88. The Morgan fingerprint density at radius 2 is 1.86 bits per heavy atom. The summed E-state index contributed by atoms with van der Waals surface area (Å²) in [6.07, 6.45) is 3.11. The van der Waals surface area contributed by atoms with Crippen LogP contribution in [0.15, 0.2) is 41.1 Å². The molecule has 0 unspecified atom stereocenters. The lowest BCUT2D eigenvalue weighted by molar-refractivity contribution is 0.384. The minimum absolute atomic E-state index is 0.0904. The molecule has 0 radical (unpaired) electrons. The summed E-state index contributed by atoms with van der Waals surface area (Å²) in [5, 5.41) is 7.94. The summed E-state index contributed by atoms with van der Waals surface area (Å²) in [7, 11) is -3.19. The molecule has 2 aromatic heterocycles. The van der Waals surface area contributed by atoms with Crippen LogP contribution in [0.4, 0.5) is 10.2 Å². The van der Waals surface area contributed by atoms with Gasteiger partial charge in [0.05, 0.1) is 18.1 Å². The quantitative estimate of drug-likeness (QED) is 0.618. The van der Waals surface area contributed by atoms with Gasteiger partial charge in [0.1, 0.15) is 17.3 Å².